The zero-order valence-electron chi connectivity index (χ0n) is 10.9. The van der Waals surface area contributed by atoms with E-state index in [1.807, 2.05) is 0 Å². The minimum absolute atomic E-state index is 0.177. The Labute approximate surface area is 108 Å². The van der Waals surface area contributed by atoms with Gasteiger partial charge in [0.05, 0.1) is 6.61 Å². The van der Waals surface area contributed by atoms with E-state index in [4.69, 9.17) is 10.5 Å². The third-order valence-electron chi connectivity index (χ3n) is 3.18. The highest BCUT2D eigenvalue weighted by atomic mass is 16.5. The maximum Gasteiger partial charge on any atom is 0.332 e. The van der Waals surface area contributed by atoms with Crippen LogP contribution in [0, 0.1) is 0 Å². The molecule has 1 rings (SSSR count). The lowest BCUT2D eigenvalue weighted by Crippen LogP contribution is -2.51. The molecule has 1 aliphatic carbocycles. The molecule has 1 amide bonds. The Hall–Kier alpha value is -1.36. The van der Waals surface area contributed by atoms with E-state index in [1.54, 1.807) is 17.9 Å². The number of amides is 1. The summed E-state index contributed by atoms with van der Waals surface area (Å²) in [5, 5.41) is 0. The molecule has 5 heteroatoms. The SMILES string of the molecule is C=CCN(C(=O)C(N)C(=O)OCC)C1CCCC1. The molecule has 102 valence electrons. The lowest BCUT2D eigenvalue weighted by Gasteiger charge is -2.29. The van der Waals surface area contributed by atoms with Crippen LogP contribution in [0.4, 0.5) is 0 Å². The van der Waals surface area contributed by atoms with Gasteiger partial charge in [-0.2, -0.15) is 0 Å². The molecule has 1 unspecified atom stereocenters. The second-order valence-corrected chi connectivity index (χ2v) is 4.45. The topological polar surface area (TPSA) is 72.6 Å². The quantitative estimate of drug-likeness (QED) is 0.433. The summed E-state index contributed by atoms with van der Waals surface area (Å²) >= 11 is 0. The first-order valence-corrected chi connectivity index (χ1v) is 6.45. The Bertz CT molecular complexity index is 311. The summed E-state index contributed by atoms with van der Waals surface area (Å²) < 4.78 is 4.78. The minimum atomic E-state index is -1.22. The highest BCUT2D eigenvalue weighted by Crippen LogP contribution is 2.23. The van der Waals surface area contributed by atoms with Gasteiger partial charge >= 0.3 is 5.97 Å². The first kappa shape index (κ1) is 14.7. The van der Waals surface area contributed by atoms with E-state index in [1.165, 1.54) is 0 Å². The molecule has 2 N–H and O–H groups in total. The van der Waals surface area contributed by atoms with Crippen LogP contribution in [0.25, 0.3) is 0 Å². The fourth-order valence-electron chi connectivity index (χ4n) is 2.29. The minimum Gasteiger partial charge on any atom is -0.464 e. The smallest absolute Gasteiger partial charge is 0.332 e. The van der Waals surface area contributed by atoms with Crippen LogP contribution in [0.15, 0.2) is 12.7 Å². The molecule has 0 bridgehead atoms. The van der Waals surface area contributed by atoms with Gasteiger partial charge in [-0.25, -0.2) is 4.79 Å². The van der Waals surface area contributed by atoms with Crippen molar-refractivity contribution >= 4 is 11.9 Å². The van der Waals surface area contributed by atoms with Crippen LogP contribution in [-0.2, 0) is 14.3 Å². The molecule has 0 aromatic carbocycles. The summed E-state index contributed by atoms with van der Waals surface area (Å²) in [7, 11) is 0. The summed E-state index contributed by atoms with van der Waals surface area (Å²) in [6.45, 7) is 5.99. The van der Waals surface area contributed by atoms with E-state index >= 15 is 0 Å². The van der Waals surface area contributed by atoms with Gasteiger partial charge in [0.1, 0.15) is 0 Å². The van der Waals surface area contributed by atoms with Crippen molar-refractivity contribution in [2.45, 2.75) is 44.7 Å². The highest BCUT2D eigenvalue weighted by Gasteiger charge is 2.32. The molecule has 0 saturated heterocycles. The summed E-state index contributed by atoms with van der Waals surface area (Å²) in [6, 6.07) is -1.04. The van der Waals surface area contributed by atoms with Crippen LogP contribution in [0.3, 0.4) is 0 Å². The molecule has 0 aliphatic heterocycles. The van der Waals surface area contributed by atoms with Crippen molar-refractivity contribution in [1.82, 2.24) is 4.90 Å². The number of hydrogen-bond donors (Lipinski definition) is 1. The predicted molar refractivity (Wildman–Crippen MR) is 68.8 cm³/mol. The van der Waals surface area contributed by atoms with Crippen LogP contribution in [0.2, 0.25) is 0 Å². The lowest BCUT2D eigenvalue weighted by molar-refractivity contribution is -0.151. The van der Waals surface area contributed by atoms with Crippen molar-refractivity contribution in [2.75, 3.05) is 13.2 Å². The van der Waals surface area contributed by atoms with Crippen LogP contribution in [0.1, 0.15) is 32.6 Å². The largest absolute Gasteiger partial charge is 0.464 e. The second-order valence-electron chi connectivity index (χ2n) is 4.45. The summed E-state index contributed by atoms with van der Waals surface area (Å²) in [4.78, 5) is 25.3. The van der Waals surface area contributed by atoms with Gasteiger partial charge in [-0.3, -0.25) is 4.79 Å². The number of nitrogens with zero attached hydrogens (tertiary/aromatic N) is 1. The molecular formula is C13H22N2O3. The van der Waals surface area contributed by atoms with Gasteiger partial charge in [0, 0.05) is 12.6 Å². The van der Waals surface area contributed by atoms with Gasteiger partial charge in [0.15, 0.2) is 6.04 Å². The van der Waals surface area contributed by atoms with Gasteiger partial charge in [-0.15, -0.1) is 6.58 Å². The molecular weight excluding hydrogens is 232 g/mol. The summed E-state index contributed by atoms with van der Waals surface area (Å²) in [5.74, 6) is -1.02. The molecule has 0 heterocycles. The zero-order chi connectivity index (χ0) is 13.5. The van der Waals surface area contributed by atoms with Gasteiger partial charge in [0.2, 0.25) is 0 Å². The monoisotopic (exact) mass is 254 g/mol. The predicted octanol–water partition coefficient (Wildman–Crippen LogP) is 0.834. The van der Waals surface area contributed by atoms with E-state index in [2.05, 4.69) is 6.58 Å². The van der Waals surface area contributed by atoms with E-state index in [0.717, 1.165) is 25.7 Å². The highest BCUT2D eigenvalue weighted by molar-refractivity contribution is 6.01. The Kier molecular flexibility index (Phi) is 5.85. The molecule has 1 aliphatic rings. The molecule has 0 aromatic heterocycles. The van der Waals surface area contributed by atoms with Crippen LogP contribution in [-0.4, -0.2) is 42.0 Å². The van der Waals surface area contributed by atoms with Gasteiger partial charge < -0.3 is 15.4 Å². The standard InChI is InChI=1S/C13H22N2O3/c1-3-9-15(10-7-5-6-8-10)12(16)11(14)13(17)18-4-2/h3,10-11H,1,4-9,14H2,2H3. The average Bonchev–Trinajstić information content (AvgIpc) is 2.88. The zero-order valence-corrected chi connectivity index (χ0v) is 10.9. The van der Waals surface area contributed by atoms with E-state index in [9.17, 15) is 9.59 Å². The van der Waals surface area contributed by atoms with Crippen LogP contribution < -0.4 is 5.73 Å². The number of carbonyl (C=O) groups is 2. The molecule has 18 heavy (non-hydrogen) atoms. The third-order valence-corrected chi connectivity index (χ3v) is 3.18. The number of hydrogen-bond acceptors (Lipinski definition) is 4. The number of rotatable bonds is 6. The van der Waals surface area contributed by atoms with Crippen LogP contribution in [0.5, 0.6) is 0 Å². The first-order valence-electron chi connectivity index (χ1n) is 6.45. The number of nitrogens with two attached hydrogens (primary N) is 1. The number of carbonyl (C=O) groups excluding carboxylic acids is 2. The molecule has 1 fully saturated rings. The molecule has 5 nitrogen and oxygen atoms in total. The Balaban J connectivity index is 2.68. The van der Waals surface area contributed by atoms with Gasteiger partial charge in [0.25, 0.3) is 5.91 Å². The van der Waals surface area contributed by atoms with Crippen molar-refractivity contribution in [1.29, 1.82) is 0 Å². The second kappa shape index (κ2) is 7.16. The van der Waals surface area contributed by atoms with E-state index in [-0.39, 0.29) is 18.6 Å². The normalized spacial score (nSPS) is 17.2. The Morgan fingerprint density at radius 3 is 2.61 bits per heavy atom. The van der Waals surface area contributed by atoms with E-state index in [0.29, 0.717) is 6.54 Å². The molecule has 0 aromatic rings. The van der Waals surface area contributed by atoms with Gasteiger partial charge in [-0.05, 0) is 19.8 Å². The fraction of sp³-hybridized carbons (Fsp3) is 0.692. The van der Waals surface area contributed by atoms with E-state index < -0.39 is 12.0 Å². The maximum absolute atomic E-state index is 12.2. The molecule has 0 spiro atoms. The first-order chi connectivity index (χ1) is 8.61. The van der Waals surface area contributed by atoms with Crippen molar-refractivity contribution in [3.8, 4) is 0 Å². The Morgan fingerprint density at radius 2 is 2.11 bits per heavy atom. The fourth-order valence-corrected chi connectivity index (χ4v) is 2.29. The number of ether oxygens (including phenoxy) is 1. The van der Waals surface area contributed by atoms with Crippen LogP contribution >= 0.6 is 0 Å². The third kappa shape index (κ3) is 3.57. The summed E-state index contributed by atoms with van der Waals surface area (Å²) in [6.07, 6.45) is 5.82. The van der Waals surface area contributed by atoms with Crippen molar-refractivity contribution in [2.24, 2.45) is 5.73 Å². The number of esters is 1. The van der Waals surface area contributed by atoms with Crippen molar-refractivity contribution in [3.05, 3.63) is 12.7 Å². The van der Waals surface area contributed by atoms with Gasteiger partial charge in [-0.1, -0.05) is 18.9 Å². The Morgan fingerprint density at radius 1 is 1.50 bits per heavy atom. The molecule has 0 radical (unpaired) electrons. The molecule has 1 saturated carbocycles. The summed E-state index contributed by atoms with van der Waals surface area (Å²) in [5.41, 5.74) is 5.65. The van der Waals surface area contributed by atoms with Crippen molar-refractivity contribution in [3.63, 3.8) is 0 Å². The van der Waals surface area contributed by atoms with Crippen molar-refractivity contribution < 1.29 is 14.3 Å². The lowest BCUT2D eigenvalue weighted by atomic mass is 10.1. The maximum atomic E-state index is 12.2. The average molecular weight is 254 g/mol. The molecule has 1 atom stereocenters.